The summed E-state index contributed by atoms with van der Waals surface area (Å²) in [4.78, 5) is 23.0. The van der Waals surface area contributed by atoms with Crippen molar-refractivity contribution >= 4 is 11.9 Å². The summed E-state index contributed by atoms with van der Waals surface area (Å²) in [5.41, 5.74) is 1.87. The van der Waals surface area contributed by atoms with Crippen molar-refractivity contribution in [2.45, 2.75) is 32.9 Å². The van der Waals surface area contributed by atoms with Crippen LogP contribution in [0.15, 0.2) is 28.7 Å². The highest BCUT2D eigenvalue weighted by Gasteiger charge is 2.22. The fourth-order valence-corrected chi connectivity index (χ4v) is 2.75. The Balaban J connectivity index is 1.74. The molecule has 1 aromatic heterocycles. The van der Waals surface area contributed by atoms with E-state index >= 15 is 0 Å². The van der Waals surface area contributed by atoms with Crippen LogP contribution in [0.4, 0.5) is 0 Å². The molecule has 2 N–H and O–H groups in total. The highest BCUT2D eigenvalue weighted by Crippen LogP contribution is 2.35. The molecule has 1 aliphatic heterocycles. The van der Waals surface area contributed by atoms with E-state index in [-0.39, 0.29) is 24.2 Å². The average molecular weight is 345 g/mol. The van der Waals surface area contributed by atoms with Gasteiger partial charge in [-0.05, 0) is 38.1 Å². The Morgan fingerprint density at radius 1 is 1.32 bits per heavy atom. The van der Waals surface area contributed by atoms with Gasteiger partial charge in [-0.1, -0.05) is 0 Å². The third-order valence-electron chi connectivity index (χ3n) is 3.86. The Kier molecular flexibility index (Phi) is 4.65. The number of amides is 1. The number of hydrogen-bond acceptors (Lipinski definition) is 5. The molecule has 0 saturated carbocycles. The van der Waals surface area contributed by atoms with E-state index in [1.165, 1.54) is 12.1 Å². The fourth-order valence-electron chi connectivity index (χ4n) is 2.75. The third-order valence-corrected chi connectivity index (χ3v) is 3.86. The Hall–Kier alpha value is -2.96. The molecule has 0 radical (unpaired) electrons. The summed E-state index contributed by atoms with van der Waals surface area (Å²) in [5.74, 6) is -0.551. The van der Waals surface area contributed by atoms with Gasteiger partial charge in [-0.3, -0.25) is 4.79 Å². The average Bonchev–Trinajstić information content (AvgIpc) is 3.18. The van der Waals surface area contributed by atoms with Crippen molar-refractivity contribution in [2.24, 2.45) is 0 Å². The Morgan fingerprint density at radius 3 is 2.76 bits per heavy atom. The molecule has 1 unspecified atom stereocenters. The number of carboxylic acid groups (broad SMARTS) is 1. The maximum Gasteiger partial charge on any atom is 0.371 e. The van der Waals surface area contributed by atoms with Crippen LogP contribution in [0.1, 0.15) is 46.1 Å². The first kappa shape index (κ1) is 16.9. The number of furan rings is 1. The molecule has 1 aromatic carbocycles. The van der Waals surface area contributed by atoms with E-state index in [9.17, 15) is 9.59 Å². The van der Waals surface area contributed by atoms with Gasteiger partial charge in [-0.2, -0.15) is 0 Å². The quantitative estimate of drug-likeness (QED) is 0.835. The minimum Gasteiger partial charge on any atom is -0.494 e. The van der Waals surface area contributed by atoms with Crippen LogP contribution in [-0.2, 0) is 13.0 Å². The molecule has 0 fully saturated rings. The first-order valence-electron chi connectivity index (χ1n) is 8.04. The minimum atomic E-state index is -1.22. The number of benzene rings is 1. The molecular weight excluding hydrogens is 326 g/mol. The summed E-state index contributed by atoms with van der Waals surface area (Å²) in [6.07, 6.45) is 0.943. The van der Waals surface area contributed by atoms with Gasteiger partial charge in [0.1, 0.15) is 17.6 Å². The molecule has 0 bridgehead atoms. The van der Waals surface area contributed by atoms with Crippen LogP contribution in [-0.4, -0.2) is 29.7 Å². The van der Waals surface area contributed by atoms with Crippen LogP contribution < -0.4 is 14.8 Å². The minimum absolute atomic E-state index is 0.0543. The van der Waals surface area contributed by atoms with Gasteiger partial charge in [0.25, 0.3) is 5.91 Å². The first-order valence-corrected chi connectivity index (χ1v) is 8.04. The van der Waals surface area contributed by atoms with Gasteiger partial charge in [0.15, 0.2) is 5.76 Å². The molecule has 7 nitrogen and oxygen atoms in total. The molecule has 2 heterocycles. The maximum atomic E-state index is 12.1. The fraction of sp³-hybridized carbons (Fsp3) is 0.333. The molecule has 7 heteroatoms. The van der Waals surface area contributed by atoms with E-state index in [1.54, 1.807) is 0 Å². The number of hydrogen-bond donors (Lipinski definition) is 2. The Morgan fingerprint density at radius 2 is 2.08 bits per heavy atom. The summed E-state index contributed by atoms with van der Waals surface area (Å²) in [6.45, 7) is 4.61. The number of fused-ring (bicyclic) bond motifs is 1. The molecule has 0 aliphatic carbocycles. The summed E-state index contributed by atoms with van der Waals surface area (Å²) in [6, 6.07) is 6.39. The number of carbonyl (C=O) groups excluding carboxylic acids is 1. The van der Waals surface area contributed by atoms with Crippen LogP contribution in [0.3, 0.4) is 0 Å². The third kappa shape index (κ3) is 3.60. The second-order valence-corrected chi connectivity index (χ2v) is 5.78. The highest BCUT2D eigenvalue weighted by molar-refractivity contribution is 5.93. The zero-order valence-corrected chi connectivity index (χ0v) is 14.0. The van der Waals surface area contributed by atoms with Crippen LogP contribution in [0, 0.1) is 0 Å². The van der Waals surface area contributed by atoms with E-state index in [0.717, 1.165) is 23.3 Å². The van der Waals surface area contributed by atoms with Crippen molar-refractivity contribution in [2.75, 3.05) is 6.61 Å². The lowest BCUT2D eigenvalue weighted by molar-refractivity contribution is 0.0659. The molecule has 1 aliphatic rings. The lowest BCUT2D eigenvalue weighted by Gasteiger charge is -2.13. The van der Waals surface area contributed by atoms with E-state index in [1.807, 2.05) is 26.0 Å². The molecule has 0 spiro atoms. The molecule has 25 heavy (non-hydrogen) atoms. The van der Waals surface area contributed by atoms with Gasteiger partial charge < -0.3 is 24.3 Å². The topological polar surface area (TPSA) is 98.0 Å². The number of carbonyl (C=O) groups is 2. The molecule has 3 rings (SSSR count). The van der Waals surface area contributed by atoms with E-state index in [4.69, 9.17) is 19.0 Å². The lowest BCUT2D eigenvalue weighted by Crippen LogP contribution is -2.22. The lowest BCUT2D eigenvalue weighted by atomic mass is 10.1. The molecular formula is C18H19NO6. The summed E-state index contributed by atoms with van der Waals surface area (Å²) in [7, 11) is 0. The van der Waals surface area contributed by atoms with Crippen molar-refractivity contribution in [3.63, 3.8) is 0 Å². The largest absolute Gasteiger partial charge is 0.494 e. The van der Waals surface area contributed by atoms with Gasteiger partial charge in [-0.15, -0.1) is 0 Å². The van der Waals surface area contributed by atoms with Crippen molar-refractivity contribution in [1.82, 2.24) is 5.32 Å². The zero-order valence-electron chi connectivity index (χ0n) is 14.0. The second-order valence-electron chi connectivity index (χ2n) is 5.78. The predicted octanol–water partition coefficient (Wildman–Crippen LogP) is 2.63. The highest BCUT2D eigenvalue weighted by atomic mass is 16.5. The van der Waals surface area contributed by atoms with Crippen LogP contribution in [0.25, 0.3) is 0 Å². The van der Waals surface area contributed by atoms with Crippen molar-refractivity contribution in [1.29, 1.82) is 0 Å². The SMILES string of the molecule is CCOc1cc2c(cc1CNC(=O)c1ccc(C(=O)O)o1)OC(C)C2. The molecule has 1 amide bonds. The number of carboxylic acids is 1. The van der Waals surface area contributed by atoms with Crippen LogP contribution in [0.2, 0.25) is 0 Å². The van der Waals surface area contributed by atoms with Gasteiger partial charge in [0.05, 0.1) is 6.61 Å². The van der Waals surface area contributed by atoms with Gasteiger partial charge in [-0.25, -0.2) is 4.79 Å². The first-order chi connectivity index (χ1) is 12.0. The summed E-state index contributed by atoms with van der Waals surface area (Å²) < 4.78 is 16.4. The number of nitrogens with one attached hydrogen (secondary N) is 1. The van der Waals surface area contributed by atoms with E-state index in [0.29, 0.717) is 12.4 Å². The van der Waals surface area contributed by atoms with Crippen LogP contribution >= 0.6 is 0 Å². The molecule has 132 valence electrons. The normalized spacial score (nSPS) is 15.4. The molecule has 2 aromatic rings. The van der Waals surface area contributed by atoms with Crippen molar-refractivity contribution in [3.8, 4) is 11.5 Å². The second kappa shape index (κ2) is 6.88. The standard InChI is InChI=1S/C18H19NO6/c1-3-23-15-7-11-6-10(2)24-16(11)8-12(15)9-19-17(20)13-4-5-14(25-13)18(21)22/h4-5,7-8,10H,3,6,9H2,1-2H3,(H,19,20)(H,21,22). The van der Waals surface area contributed by atoms with E-state index < -0.39 is 11.9 Å². The Bertz CT molecular complexity index is 810. The van der Waals surface area contributed by atoms with E-state index in [2.05, 4.69) is 5.32 Å². The van der Waals surface area contributed by atoms with Gasteiger partial charge in [0, 0.05) is 24.1 Å². The monoisotopic (exact) mass is 345 g/mol. The Labute approximate surface area is 144 Å². The number of ether oxygens (including phenoxy) is 2. The zero-order chi connectivity index (χ0) is 18.0. The molecule has 1 atom stereocenters. The summed E-state index contributed by atoms with van der Waals surface area (Å²) >= 11 is 0. The van der Waals surface area contributed by atoms with Gasteiger partial charge >= 0.3 is 5.97 Å². The smallest absolute Gasteiger partial charge is 0.371 e. The molecule has 0 saturated heterocycles. The van der Waals surface area contributed by atoms with Gasteiger partial charge in [0.2, 0.25) is 5.76 Å². The maximum absolute atomic E-state index is 12.1. The van der Waals surface area contributed by atoms with Crippen molar-refractivity contribution < 1.29 is 28.6 Å². The number of rotatable bonds is 6. The van der Waals surface area contributed by atoms with Crippen molar-refractivity contribution in [3.05, 3.63) is 46.9 Å². The number of aromatic carboxylic acids is 1. The predicted molar refractivity (Wildman–Crippen MR) is 88.2 cm³/mol. The summed E-state index contributed by atoms with van der Waals surface area (Å²) in [5, 5.41) is 11.5. The van der Waals surface area contributed by atoms with Crippen LogP contribution in [0.5, 0.6) is 11.5 Å².